The Bertz CT molecular complexity index is 671. The van der Waals surface area contributed by atoms with Crippen molar-refractivity contribution in [2.75, 3.05) is 5.32 Å². The summed E-state index contributed by atoms with van der Waals surface area (Å²) in [6, 6.07) is 9.13. The van der Waals surface area contributed by atoms with Crippen molar-refractivity contribution >= 4 is 23.6 Å². The summed E-state index contributed by atoms with van der Waals surface area (Å²) < 4.78 is 0. The van der Waals surface area contributed by atoms with Crippen LogP contribution in [0, 0.1) is 17.2 Å². The van der Waals surface area contributed by atoms with Gasteiger partial charge in [0.15, 0.2) is 0 Å². The van der Waals surface area contributed by atoms with Crippen LogP contribution in [-0.4, -0.2) is 17.9 Å². The van der Waals surface area contributed by atoms with E-state index in [0.717, 1.165) is 24.8 Å². The standard InChI is InChI=1S/C19H23N3O2/c1-13-5-3-4-6-18(13)22-19(24)16(12-20)11-15-7-9-17(10-8-15)21-14(2)23/h7-11,13,18H,3-6H2,1-2H3,(H,21,23)(H,22,24)/b16-11+/t13-,18-/m0/s1. The summed E-state index contributed by atoms with van der Waals surface area (Å²) in [6.45, 7) is 3.58. The van der Waals surface area contributed by atoms with Crippen LogP contribution in [0.3, 0.4) is 0 Å². The summed E-state index contributed by atoms with van der Waals surface area (Å²) in [7, 11) is 0. The maximum atomic E-state index is 12.3. The molecule has 2 amide bonds. The van der Waals surface area contributed by atoms with Crippen molar-refractivity contribution < 1.29 is 9.59 Å². The normalized spacial score (nSPS) is 20.8. The van der Waals surface area contributed by atoms with Gasteiger partial charge in [0.05, 0.1) is 0 Å². The average molecular weight is 325 g/mol. The number of rotatable bonds is 4. The van der Waals surface area contributed by atoms with Gasteiger partial charge in [-0.1, -0.05) is 31.9 Å². The molecular weight excluding hydrogens is 302 g/mol. The fraction of sp³-hybridized carbons (Fsp3) is 0.421. The van der Waals surface area contributed by atoms with E-state index in [0.29, 0.717) is 11.6 Å². The number of nitriles is 1. The lowest BCUT2D eigenvalue weighted by Gasteiger charge is -2.29. The maximum Gasteiger partial charge on any atom is 0.262 e. The first kappa shape index (κ1) is 17.7. The van der Waals surface area contributed by atoms with Crippen LogP contribution in [0.25, 0.3) is 6.08 Å². The van der Waals surface area contributed by atoms with E-state index in [9.17, 15) is 14.9 Å². The van der Waals surface area contributed by atoms with Crippen LogP contribution in [0.15, 0.2) is 29.8 Å². The molecule has 0 saturated heterocycles. The highest BCUT2D eigenvalue weighted by molar-refractivity contribution is 6.01. The van der Waals surface area contributed by atoms with E-state index in [1.165, 1.54) is 13.3 Å². The van der Waals surface area contributed by atoms with Gasteiger partial charge in [-0.25, -0.2) is 0 Å². The highest BCUT2D eigenvalue weighted by atomic mass is 16.2. The summed E-state index contributed by atoms with van der Waals surface area (Å²) >= 11 is 0. The molecule has 0 radical (unpaired) electrons. The first-order chi connectivity index (χ1) is 11.5. The Kier molecular flexibility index (Phi) is 6.14. The topological polar surface area (TPSA) is 82.0 Å². The Balaban J connectivity index is 2.06. The molecule has 5 heteroatoms. The molecule has 126 valence electrons. The zero-order chi connectivity index (χ0) is 17.5. The van der Waals surface area contributed by atoms with Crippen LogP contribution in [0.5, 0.6) is 0 Å². The van der Waals surface area contributed by atoms with Crippen molar-refractivity contribution in [3.63, 3.8) is 0 Å². The Morgan fingerprint density at radius 2 is 1.88 bits per heavy atom. The van der Waals surface area contributed by atoms with Crippen LogP contribution < -0.4 is 10.6 Å². The van der Waals surface area contributed by atoms with Gasteiger partial charge in [0.2, 0.25) is 5.91 Å². The molecule has 0 heterocycles. The van der Waals surface area contributed by atoms with Crippen LogP contribution in [0.4, 0.5) is 5.69 Å². The van der Waals surface area contributed by atoms with Gasteiger partial charge in [-0.05, 0) is 42.5 Å². The fourth-order valence-corrected chi connectivity index (χ4v) is 2.96. The predicted molar refractivity (Wildman–Crippen MR) is 93.9 cm³/mol. The Hall–Kier alpha value is -2.61. The van der Waals surface area contributed by atoms with Crippen LogP contribution in [-0.2, 0) is 9.59 Å². The molecule has 2 N–H and O–H groups in total. The molecule has 0 unspecified atom stereocenters. The Morgan fingerprint density at radius 1 is 1.21 bits per heavy atom. The molecule has 0 bridgehead atoms. The van der Waals surface area contributed by atoms with Crippen LogP contribution >= 0.6 is 0 Å². The number of nitrogens with zero attached hydrogens (tertiary/aromatic N) is 1. The number of nitrogens with one attached hydrogen (secondary N) is 2. The molecule has 0 spiro atoms. The number of hydrogen-bond donors (Lipinski definition) is 2. The van der Waals surface area contributed by atoms with E-state index < -0.39 is 0 Å². The van der Waals surface area contributed by atoms with Gasteiger partial charge >= 0.3 is 0 Å². The fourth-order valence-electron chi connectivity index (χ4n) is 2.96. The molecule has 1 aliphatic carbocycles. The van der Waals surface area contributed by atoms with E-state index in [1.54, 1.807) is 30.3 Å². The van der Waals surface area contributed by atoms with Gasteiger partial charge in [0, 0.05) is 18.7 Å². The number of amides is 2. The molecule has 1 aliphatic rings. The van der Waals surface area contributed by atoms with Crippen molar-refractivity contribution in [2.45, 2.75) is 45.6 Å². The third kappa shape index (κ3) is 4.95. The molecule has 1 saturated carbocycles. The summed E-state index contributed by atoms with van der Waals surface area (Å²) in [5.74, 6) is -0.0150. The van der Waals surface area contributed by atoms with E-state index >= 15 is 0 Å². The summed E-state index contributed by atoms with van der Waals surface area (Å²) in [5, 5.41) is 15.0. The molecule has 2 rings (SSSR count). The number of hydrogen-bond acceptors (Lipinski definition) is 3. The summed E-state index contributed by atoms with van der Waals surface area (Å²) in [5.41, 5.74) is 1.52. The average Bonchev–Trinajstić information content (AvgIpc) is 2.55. The Labute approximate surface area is 142 Å². The molecular formula is C19H23N3O2. The SMILES string of the molecule is CC(=O)Nc1ccc(/C=C(\C#N)C(=O)N[C@H]2CCCC[C@@H]2C)cc1. The predicted octanol–water partition coefficient (Wildman–Crippen LogP) is 3.25. The molecule has 24 heavy (non-hydrogen) atoms. The van der Waals surface area contributed by atoms with Crippen molar-refractivity contribution in [1.82, 2.24) is 5.32 Å². The maximum absolute atomic E-state index is 12.3. The first-order valence-electron chi connectivity index (χ1n) is 8.30. The largest absolute Gasteiger partial charge is 0.348 e. The molecule has 5 nitrogen and oxygen atoms in total. The number of anilines is 1. The van der Waals surface area contributed by atoms with E-state index in [1.807, 2.05) is 6.07 Å². The van der Waals surface area contributed by atoms with E-state index in [4.69, 9.17) is 0 Å². The molecule has 1 aromatic rings. The van der Waals surface area contributed by atoms with Crippen LogP contribution in [0.1, 0.15) is 45.1 Å². The smallest absolute Gasteiger partial charge is 0.262 e. The quantitative estimate of drug-likeness (QED) is 0.658. The molecule has 2 atom stereocenters. The molecule has 1 fully saturated rings. The number of benzene rings is 1. The monoisotopic (exact) mass is 325 g/mol. The summed E-state index contributed by atoms with van der Waals surface area (Å²) in [4.78, 5) is 23.4. The lowest BCUT2D eigenvalue weighted by atomic mass is 9.86. The minimum atomic E-state index is -0.317. The minimum absolute atomic E-state index is 0.0973. The van der Waals surface area contributed by atoms with Gasteiger partial charge in [0.25, 0.3) is 5.91 Å². The number of carbonyl (C=O) groups excluding carboxylic acids is 2. The highest BCUT2D eigenvalue weighted by Crippen LogP contribution is 2.24. The second kappa shape index (κ2) is 8.30. The third-order valence-corrected chi connectivity index (χ3v) is 4.34. The second-order valence-electron chi connectivity index (χ2n) is 6.31. The van der Waals surface area contributed by atoms with Crippen molar-refractivity contribution in [3.05, 3.63) is 35.4 Å². The van der Waals surface area contributed by atoms with Gasteiger partial charge in [-0.2, -0.15) is 5.26 Å². The molecule has 0 aromatic heterocycles. The molecule has 0 aliphatic heterocycles. The van der Waals surface area contributed by atoms with Gasteiger partial charge in [-0.15, -0.1) is 0 Å². The Morgan fingerprint density at radius 3 is 2.46 bits per heavy atom. The van der Waals surface area contributed by atoms with Crippen LogP contribution in [0.2, 0.25) is 0 Å². The first-order valence-corrected chi connectivity index (χ1v) is 8.30. The van der Waals surface area contributed by atoms with E-state index in [-0.39, 0.29) is 23.4 Å². The zero-order valence-electron chi connectivity index (χ0n) is 14.1. The highest BCUT2D eigenvalue weighted by Gasteiger charge is 2.23. The lowest BCUT2D eigenvalue weighted by Crippen LogP contribution is -2.41. The van der Waals surface area contributed by atoms with Crippen molar-refractivity contribution in [2.24, 2.45) is 5.92 Å². The lowest BCUT2D eigenvalue weighted by molar-refractivity contribution is -0.118. The van der Waals surface area contributed by atoms with Crippen molar-refractivity contribution in [1.29, 1.82) is 5.26 Å². The third-order valence-electron chi connectivity index (χ3n) is 4.34. The van der Waals surface area contributed by atoms with Gasteiger partial charge < -0.3 is 10.6 Å². The van der Waals surface area contributed by atoms with Crippen molar-refractivity contribution in [3.8, 4) is 6.07 Å². The number of carbonyl (C=O) groups is 2. The minimum Gasteiger partial charge on any atom is -0.348 e. The summed E-state index contributed by atoms with van der Waals surface area (Å²) in [6.07, 6.45) is 5.97. The zero-order valence-corrected chi connectivity index (χ0v) is 14.1. The second-order valence-corrected chi connectivity index (χ2v) is 6.31. The van der Waals surface area contributed by atoms with Gasteiger partial charge in [-0.3, -0.25) is 9.59 Å². The van der Waals surface area contributed by atoms with Gasteiger partial charge in [0.1, 0.15) is 11.6 Å². The molecule has 1 aromatic carbocycles. The van der Waals surface area contributed by atoms with E-state index in [2.05, 4.69) is 17.6 Å².